The molecule has 0 fully saturated rings. The second kappa shape index (κ2) is 10.5. The molecule has 4 N–H and O–H groups in total. The first-order valence-electron chi connectivity index (χ1n) is 8.78. The molecule has 1 heterocycles. The minimum Gasteiger partial charge on any atom is -0.467 e. The number of carbonyl (C=O) groups excluding carboxylic acids is 2. The van der Waals surface area contributed by atoms with Gasteiger partial charge in [-0.1, -0.05) is 37.3 Å². The zero-order valence-electron chi connectivity index (χ0n) is 15.2. The van der Waals surface area contributed by atoms with Crippen LogP contribution in [0, 0.1) is 0 Å². The molecule has 8 nitrogen and oxygen atoms in total. The molecule has 8 heteroatoms. The second-order valence-electron chi connectivity index (χ2n) is 5.92. The summed E-state index contributed by atoms with van der Waals surface area (Å²) in [5.74, 6) is -1.13. The van der Waals surface area contributed by atoms with E-state index in [0.29, 0.717) is 18.7 Å². The first-order chi connectivity index (χ1) is 13.0. The van der Waals surface area contributed by atoms with Gasteiger partial charge in [0.1, 0.15) is 5.76 Å². The lowest BCUT2D eigenvalue weighted by atomic mass is 10.1. The van der Waals surface area contributed by atoms with E-state index in [2.05, 4.69) is 10.7 Å². The SMILES string of the molecule is CCNN(CCc1ccccc1)C(=O)[C@H](O)[C@@H](O)C(=O)NCc1ccco1. The summed E-state index contributed by atoms with van der Waals surface area (Å²) in [6.07, 6.45) is -1.74. The van der Waals surface area contributed by atoms with Gasteiger partial charge in [-0.05, 0) is 24.1 Å². The minimum absolute atomic E-state index is 0.0503. The molecule has 0 aliphatic carbocycles. The molecule has 0 saturated carbocycles. The van der Waals surface area contributed by atoms with E-state index >= 15 is 0 Å². The van der Waals surface area contributed by atoms with Gasteiger partial charge in [0.25, 0.3) is 11.8 Å². The maximum Gasteiger partial charge on any atom is 0.268 e. The number of nitrogens with zero attached hydrogens (tertiary/aromatic N) is 1. The van der Waals surface area contributed by atoms with E-state index in [4.69, 9.17) is 4.42 Å². The number of carbonyl (C=O) groups is 2. The summed E-state index contributed by atoms with van der Waals surface area (Å²) in [5, 5.41) is 23.8. The maximum absolute atomic E-state index is 12.5. The highest BCUT2D eigenvalue weighted by Crippen LogP contribution is 2.05. The molecule has 1 aromatic carbocycles. The Morgan fingerprint density at radius 1 is 1.11 bits per heavy atom. The molecule has 2 amide bonds. The zero-order valence-corrected chi connectivity index (χ0v) is 15.2. The van der Waals surface area contributed by atoms with E-state index in [1.807, 2.05) is 37.3 Å². The van der Waals surface area contributed by atoms with Gasteiger partial charge in [-0.3, -0.25) is 14.6 Å². The number of hydrogen-bond acceptors (Lipinski definition) is 6. The van der Waals surface area contributed by atoms with Crippen molar-refractivity contribution in [3.63, 3.8) is 0 Å². The number of nitrogens with one attached hydrogen (secondary N) is 2. The van der Waals surface area contributed by atoms with Crippen molar-refractivity contribution in [2.75, 3.05) is 13.1 Å². The molecule has 2 rings (SSSR count). The molecule has 27 heavy (non-hydrogen) atoms. The zero-order chi connectivity index (χ0) is 19.6. The summed E-state index contributed by atoms with van der Waals surface area (Å²) in [7, 11) is 0. The Morgan fingerprint density at radius 3 is 2.48 bits per heavy atom. The molecule has 0 aliphatic heterocycles. The third kappa shape index (κ3) is 6.21. The van der Waals surface area contributed by atoms with Crippen LogP contribution in [0.25, 0.3) is 0 Å². The second-order valence-corrected chi connectivity index (χ2v) is 5.92. The smallest absolute Gasteiger partial charge is 0.268 e. The molecular weight excluding hydrogens is 350 g/mol. The first-order valence-corrected chi connectivity index (χ1v) is 8.78. The third-order valence-electron chi connectivity index (χ3n) is 3.92. The molecule has 0 spiro atoms. The van der Waals surface area contributed by atoms with Gasteiger partial charge in [0.2, 0.25) is 0 Å². The van der Waals surface area contributed by atoms with Crippen molar-refractivity contribution in [3.8, 4) is 0 Å². The molecular formula is C19H25N3O5. The molecule has 0 bridgehead atoms. The number of rotatable bonds is 10. The van der Waals surface area contributed by atoms with Crippen LogP contribution in [0.3, 0.4) is 0 Å². The highest BCUT2D eigenvalue weighted by molar-refractivity contribution is 5.90. The Bertz CT molecular complexity index is 705. The Labute approximate surface area is 157 Å². The van der Waals surface area contributed by atoms with Crippen molar-refractivity contribution in [3.05, 3.63) is 60.1 Å². The van der Waals surface area contributed by atoms with Crippen molar-refractivity contribution < 1.29 is 24.2 Å². The standard InChI is InChI=1S/C19H25N3O5/c1-2-21-22(11-10-14-7-4-3-5-8-14)19(26)17(24)16(23)18(25)20-13-15-9-6-12-27-15/h3-9,12,16-17,21,23-24H,2,10-11,13H2,1H3,(H,20,25)/t16-,17-/m1/s1. The molecule has 0 aliphatic rings. The van der Waals surface area contributed by atoms with Gasteiger partial charge >= 0.3 is 0 Å². The van der Waals surface area contributed by atoms with Crippen LogP contribution >= 0.6 is 0 Å². The van der Waals surface area contributed by atoms with Gasteiger partial charge < -0.3 is 19.9 Å². The summed E-state index contributed by atoms with van der Waals surface area (Å²) in [6.45, 7) is 2.60. The van der Waals surface area contributed by atoms with E-state index in [0.717, 1.165) is 5.56 Å². The van der Waals surface area contributed by atoms with Crippen LogP contribution in [0.15, 0.2) is 53.1 Å². The third-order valence-corrected chi connectivity index (χ3v) is 3.92. The van der Waals surface area contributed by atoms with Gasteiger partial charge in [0.15, 0.2) is 12.2 Å². The average molecular weight is 375 g/mol. The van der Waals surface area contributed by atoms with E-state index < -0.39 is 24.0 Å². The Hall–Kier alpha value is -2.68. The number of aliphatic hydroxyl groups excluding tert-OH is 2. The van der Waals surface area contributed by atoms with E-state index in [1.54, 1.807) is 12.1 Å². The highest BCUT2D eigenvalue weighted by atomic mass is 16.3. The van der Waals surface area contributed by atoms with Crippen molar-refractivity contribution in [2.24, 2.45) is 0 Å². The summed E-state index contributed by atoms with van der Waals surface area (Å²) in [6, 6.07) is 12.9. The molecule has 146 valence electrons. The molecule has 1 aromatic heterocycles. The lowest BCUT2D eigenvalue weighted by Crippen LogP contribution is -2.54. The lowest BCUT2D eigenvalue weighted by molar-refractivity contribution is -0.155. The fourth-order valence-electron chi connectivity index (χ4n) is 2.47. The Kier molecular flexibility index (Phi) is 8.00. The number of hydrazine groups is 1. The molecule has 0 unspecified atom stereocenters. The fraction of sp³-hybridized carbons (Fsp3) is 0.368. The fourth-order valence-corrected chi connectivity index (χ4v) is 2.47. The van der Waals surface area contributed by atoms with Crippen LogP contribution in [0.2, 0.25) is 0 Å². The number of amides is 2. The van der Waals surface area contributed by atoms with Crippen LogP contribution in [0.4, 0.5) is 0 Å². The monoisotopic (exact) mass is 375 g/mol. The summed E-state index contributed by atoms with van der Waals surface area (Å²) in [4.78, 5) is 24.5. The van der Waals surface area contributed by atoms with E-state index in [-0.39, 0.29) is 13.1 Å². The van der Waals surface area contributed by atoms with Crippen molar-refractivity contribution in [1.82, 2.24) is 15.8 Å². The summed E-state index contributed by atoms with van der Waals surface area (Å²) < 4.78 is 5.07. The quantitative estimate of drug-likeness (QED) is 0.442. The topological polar surface area (TPSA) is 115 Å². The van der Waals surface area contributed by atoms with Gasteiger partial charge in [-0.15, -0.1) is 0 Å². The Balaban J connectivity index is 1.90. The average Bonchev–Trinajstić information content (AvgIpc) is 3.22. The minimum atomic E-state index is -1.88. The summed E-state index contributed by atoms with van der Waals surface area (Å²) >= 11 is 0. The molecule has 2 aromatic rings. The van der Waals surface area contributed by atoms with Crippen LogP contribution < -0.4 is 10.7 Å². The first kappa shape index (κ1) is 20.6. The number of benzene rings is 1. The van der Waals surface area contributed by atoms with Gasteiger partial charge in [0.05, 0.1) is 12.8 Å². The number of aliphatic hydroxyl groups is 2. The van der Waals surface area contributed by atoms with E-state index in [1.165, 1.54) is 11.3 Å². The predicted molar refractivity (Wildman–Crippen MR) is 98.1 cm³/mol. The van der Waals surface area contributed by atoms with Crippen LogP contribution in [-0.4, -0.2) is 52.3 Å². The van der Waals surface area contributed by atoms with Crippen molar-refractivity contribution in [2.45, 2.75) is 32.1 Å². The molecule has 2 atom stereocenters. The molecule has 0 radical (unpaired) electrons. The lowest BCUT2D eigenvalue weighted by Gasteiger charge is -2.27. The predicted octanol–water partition coefficient (Wildman–Crippen LogP) is 0.213. The normalized spacial score (nSPS) is 13.0. The van der Waals surface area contributed by atoms with Gasteiger partial charge in [0, 0.05) is 13.1 Å². The van der Waals surface area contributed by atoms with Gasteiger partial charge in [-0.2, -0.15) is 0 Å². The maximum atomic E-state index is 12.5. The number of furan rings is 1. The Morgan fingerprint density at radius 2 is 1.85 bits per heavy atom. The highest BCUT2D eigenvalue weighted by Gasteiger charge is 2.33. The van der Waals surface area contributed by atoms with Crippen molar-refractivity contribution >= 4 is 11.8 Å². The van der Waals surface area contributed by atoms with Crippen LogP contribution in [-0.2, 0) is 22.6 Å². The largest absolute Gasteiger partial charge is 0.467 e. The van der Waals surface area contributed by atoms with Crippen molar-refractivity contribution in [1.29, 1.82) is 0 Å². The van der Waals surface area contributed by atoms with E-state index in [9.17, 15) is 19.8 Å². The summed E-state index contributed by atoms with van der Waals surface area (Å²) in [5.41, 5.74) is 3.87. The van der Waals surface area contributed by atoms with Crippen LogP contribution in [0.1, 0.15) is 18.2 Å². The van der Waals surface area contributed by atoms with Crippen LogP contribution in [0.5, 0.6) is 0 Å². The molecule has 0 saturated heterocycles. The number of hydrogen-bond donors (Lipinski definition) is 4. The van der Waals surface area contributed by atoms with Gasteiger partial charge in [-0.25, -0.2) is 5.43 Å².